The fraction of sp³-hybridized carbons (Fsp3) is 0.348. The van der Waals surface area contributed by atoms with Crippen molar-refractivity contribution < 1.29 is 0 Å². The maximum absolute atomic E-state index is 4.95. The number of hydrogen-bond donors (Lipinski definition) is 0. The van der Waals surface area contributed by atoms with Gasteiger partial charge < -0.3 is 9.80 Å². The standard InChI is InChI=1S/C23H27N5/c1-2-20-13-9-10-16-27(20)23-25-22(17-24-26-23)28(21-14-7-4-8-15-21)18-19-11-5-3-6-12-19/h3-8,11-12,14-15,17,20H,2,9-10,13,16,18H2,1H3. The highest BCUT2D eigenvalue weighted by Crippen LogP contribution is 2.28. The summed E-state index contributed by atoms with van der Waals surface area (Å²) in [6.07, 6.45) is 6.56. The molecule has 3 aromatic rings. The van der Waals surface area contributed by atoms with Crippen LogP contribution in [0.1, 0.15) is 38.2 Å². The Bertz CT molecular complexity index is 868. The van der Waals surface area contributed by atoms with Crippen LogP contribution in [0.25, 0.3) is 0 Å². The average Bonchev–Trinajstić information content (AvgIpc) is 2.79. The number of aromatic nitrogens is 3. The summed E-state index contributed by atoms with van der Waals surface area (Å²) in [4.78, 5) is 9.49. The lowest BCUT2D eigenvalue weighted by molar-refractivity contribution is 0.441. The highest BCUT2D eigenvalue weighted by atomic mass is 15.4. The molecule has 0 radical (unpaired) electrons. The van der Waals surface area contributed by atoms with Crippen molar-refractivity contribution in [3.63, 3.8) is 0 Å². The topological polar surface area (TPSA) is 45.2 Å². The Hall–Kier alpha value is -2.95. The summed E-state index contributed by atoms with van der Waals surface area (Å²) >= 11 is 0. The second-order valence-corrected chi connectivity index (χ2v) is 7.27. The van der Waals surface area contributed by atoms with Crippen molar-refractivity contribution in [3.05, 3.63) is 72.4 Å². The van der Waals surface area contributed by atoms with Crippen LogP contribution in [0.4, 0.5) is 17.5 Å². The van der Waals surface area contributed by atoms with Crippen LogP contribution in [-0.2, 0) is 6.54 Å². The van der Waals surface area contributed by atoms with Crippen molar-refractivity contribution in [2.24, 2.45) is 0 Å². The molecular weight excluding hydrogens is 346 g/mol. The molecule has 0 saturated carbocycles. The molecule has 2 heterocycles. The zero-order chi connectivity index (χ0) is 19.2. The minimum Gasteiger partial charge on any atom is -0.336 e. The van der Waals surface area contributed by atoms with E-state index in [1.54, 1.807) is 6.20 Å². The Labute approximate surface area is 167 Å². The predicted molar refractivity (Wildman–Crippen MR) is 114 cm³/mol. The van der Waals surface area contributed by atoms with Gasteiger partial charge in [-0.05, 0) is 43.4 Å². The first kappa shape index (κ1) is 18.4. The van der Waals surface area contributed by atoms with Gasteiger partial charge in [0.1, 0.15) is 0 Å². The minimum absolute atomic E-state index is 0.505. The molecule has 1 fully saturated rings. The van der Waals surface area contributed by atoms with Gasteiger partial charge in [-0.3, -0.25) is 0 Å². The summed E-state index contributed by atoms with van der Waals surface area (Å²) < 4.78 is 0. The van der Waals surface area contributed by atoms with Crippen LogP contribution in [0.15, 0.2) is 66.9 Å². The SMILES string of the molecule is CCC1CCCCN1c1nncc(N(Cc2ccccc2)c2ccccc2)n1. The molecule has 1 saturated heterocycles. The van der Waals surface area contributed by atoms with E-state index in [0.717, 1.165) is 37.0 Å². The third-order valence-electron chi connectivity index (χ3n) is 5.42. The highest BCUT2D eigenvalue weighted by molar-refractivity contribution is 5.60. The van der Waals surface area contributed by atoms with Gasteiger partial charge in [0.2, 0.25) is 5.95 Å². The van der Waals surface area contributed by atoms with Gasteiger partial charge in [-0.2, -0.15) is 10.1 Å². The van der Waals surface area contributed by atoms with Crippen LogP contribution in [0.3, 0.4) is 0 Å². The van der Waals surface area contributed by atoms with E-state index in [2.05, 4.69) is 75.5 Å². The zero-order valence-electron chi connectivity index (χ0n) is 16.4. The molecule has 2 aromatic carbocycles. The van der Waals surface area contributed by atoms with Crippen molar-refractivity contribution in [2.45, 2.75) is 45.2 Å². The van der Waals surface area contributed by atoms with E-state index in [-0.39, 0.29) is 0 Å². The number of hydrogen-bond acceptors (Lipinski definition) is 5. The fourth-order valence-electron chi connectivity index (χ4n) is 3.90. The van der Waals surface area contributed by atoms with E-state index in [1.165, 1.54) is 24.8 Å². The smallest absolute Gasteiger partial charge is 0.247 e. The van der Waals surface area contributed by atoms with Gasteiger partial charge in [-0.25, -0.2) is 0 Å². The summed E-state index contributed by atoms with van der Waals surface area (Å²) in [7, 11) is 0. The molecule has 28 heavy (non-hydrogen) atoms. The molecule has 1 aliphatic rings. The van der Waals surface area contributed by atoms with Crippen molar-refractivity contribution in [3.8, 4) is 0 Å². The van der Waals surface area contributed by atoms with Gasteiger partial charge in [0, 0.05) is 24.8 Å². The Morgan fingerprint density at radius 1 is 1.00 bits per heavy atom. The van der Waals surface area contributed by atoms with Crippen LogP contribution in [0.5, 0.6) is 0 Å². The molecule has 5 nitrogen and oxygen atoms in total. The van der Waals surface area contributed by atoms with E-state index in [1.807, 2.05) is 12.1 Å². The first-order valence-electron chi connectivity index (χ1n) is 10.2. The molecule has 0 amide bonds. The van der Waals surface area contributed by atoms with Crippen LogP contribution in [-0.4, -0.2) is 27.8 Å². The maximum atomic E-state index is 4.95. The molecule has 4 rings (SSSR count). The highest BCUT2D eigenvalue weighted by Gasteiger charge is 2.24. The van der Waals surface area contributed by atoms with Crippen molar-refractivity contribution in [1.29, 1.82) is 0 Å². The average molecular weight is 374 g/mol. The van der Waals surface area contributed by atoms with Crippen molar-refractivity contribution in [1.82, 2.24) is 15.2 Å². The number of nitrogens with zero attached hydrogens (tertiary/aromatic N) is 5. The first-order chi connectivity index (χ1) is 13.8. The van der Waals surface area contributed by atoms with Crippen LogP contribution in [0.2, 0.25) is 0 Å². The van der Waals surface area contributed by atoms with E-state index in [4.69, 9.17) is 4.98 Å². The second-order valence-electron chi connectivity index (χ2n) is 7.27. The number of anilines is 3. The molecule has 5 heteroatoms. The Balaban J connectivity index is 1.68. The van der Waals surface area contributed by atoms with Gasteiger partial charge in [-0.15, -0.1) is 5.10 Å². The minimum atomic E-state index is 0.505. The third-order valence-corrected chi connectivity index (χ3v) is 5.42. The molecule has 1 aromatic heterocycles. The molecule has 144 valence electrons. The fourth-order valence-corrected chi connectivity index (χ4v) is 3.90. The Morgan fingerprint density at radius 2 is 1.75 bits per heavy atom. The lowest BCUT2D eigenvalue weighted by Crippen LogP contribution is -2.40. The van der Waals surface area contributed by atoms with Gasteiger partial charge in [0.25, 0.3) is 0 Å². The lowest BCUT2D eigenvalue weighted by Gasteiger charge is -2.35. The first-order valence-corrected chi connectivity index (χ1v) is 10.2. The number of rotatable bonds is 6. The number of para-hydroxylation sites is 1. The number of piperidine rings is 1. The number of benzene rings is 2. The maximum Gasteiger partial charge on any atom is 0.247 e. The predicted octanol–water partition coefficient (Wildman–Crippen LogP) is 4.98. The Morgan fingerprint density at radius 3 is 2.50 bits per heavy atom. The largest absolute Gasteiger partial charge is 0.336 e. The summed E-state index contributed by atoms with van der Waals surface area (Å²) in [5.41, 5.74) is 2.33. The molecular formula is C23H27N5. The zero-order valence-corrected chi connectivity index (χ0v) is 16.4. The van der Waals surface area contributed by atoms with E-state index < -0.39 is 0 Å². The molecule has 0 aliphatic carbocycles. The van der Waals surface area contributed by atoms with E-state index in [0.29, 0.717) is 6.04 Å². The normalized spacial score (nSPS) is 16.8. The summed E-state index contributed by atoms with van der Waals surface area (Å²) in [6, 6.07) is 21.3. The quantitative estimate of drug-likeness (QED) is 0.610. The molecule has 0 spiro atoms. The molecule has 1 atom stereocenters. The monoisotopic (exact) mass is 373 g/mol. The summed E-state index contributed by atoms with van der Waals surface area (Å²) in [5.74, 6) is 1.58. The van der Waals surface area contributed by atoms with Crippen LogP contribution < -0.4 is 9.80 Å². The molecule has 1 aliphatic heterocycles. The molecule has 0 N–H and O–H groups in total. The summed E-state index contributed by atoms with van der Waals surface area (Å²) in [6.45, 7) is 3.99. The van der Waals surface area contributed by atoms with Crippen molar-refractivity contribution in [2.75, 3.05) is 16.3 Å². The van der Waals surface area contributed by atoms with Gasteiger partial charge in [0.15, 0.2) is 5.82 Å². The lowest BCUT2D eigenvalue weighted by atomic mass is 10.0. The van der Waals surface area contributed by atoms with Gasteiger partial charge in [-0.1, -0.05) is 55.5 Å². The van der Waals surface area contributed by atoms with Gasteiger partial charge in [0.05, 0.1) is 6.20 Å². The Kier molecular flexibility index (Phi) is 5.80. The second kappa shape index (κ2) is 8.83. The third kappa shape index (κ3) is 4.14. The molecule has 0 bridgehead atoms. The van der Waals surface area contributed by atoms with Crippen LogP contribution >= 0.6 is 0 Å². The van der Waals surface area contributed by atoms with E-state index >= 15 is 0 Å². The van der Waals surface area contributed by atoms with E-state index in [9.17, 15) is 0 Å². The molecule has 1 unspecified atom stereocenters. The van der Waals surface area contributed by atoms with Crippen LogP contribution in [0, 0.1) is 0 Å². The summed E-state index contributed by atoms with van der Waals surface area (Å²) in [5, 5.41) is 8.70. The van der Waals surface area contributed by atoms with Gasteiger partial charge >= 0.3 is 0 Å². The van der Waals surface area contributed by atoms with Crippen molar-refractivity contribution >= 4 is 17.5 Å².